The Balaban J connectivity index is 3.03. The smallest absolute Gasteiger partial charge is 0.272 e. The molecule has 0 heterocycles. The van der Waals surface area contributed by atoms with Crippen molar-refractivity contribution in [3.05, 3.63) is 35.9 Å². The number of thioether (sulfide) groups is 1. The lowest BCUT2D eigenvalue weighted by Gasteiger charge is -2.34. The van der Waals surface area contributed by atoms with E-state index in [2.05, 4.69) is 10.6 Å². The maximum atomic E-state index is 13.0. The molecule has 1 aromatic rings. The van der Waals surface area contributed by atoms with Crippen molar-refractivity contribution in [3.8, 4) is 0 Å². The summed E-state index contributed by atoms with van der Waals surface area (Å²) in [6.45, 7) is 7.41. The Kier molecular flexibility index (Phi) is 10.3. The minimum Gasteiger partial charge on any atom is -0.382 e. The van der Waals surface area contributed by atoms with Crippen LogP contribution in [0, 0.1) is 11.8 Å². The first-order valence-corrected chi connectivity index (χ1v) is 10.8. The Morgan fingerprint density at radius 2 is 1.67 bits per heavy atom. The van der Waals surface area contributed by atoms with Crippen LogP contribution < -0.4 is 16.1 Å². The molecule has 3 amide bonds. The highest BCUT2D eigenvalue weighted by atomic mass is 32.2. The highest BCUT2D eigenvalue weighted by molar-refractivity contribution is 7.99. The van der Waals surface area contributed by atoms with Gasteiger partial charge < -0.3 is 15.7 Å². The Morgan fingerprint density at radius 1 is 1.07 bits per heavy atom. The Morgan fingerprint density at radius 3 is 2.17 bits per heavy atom. The molecule has 0 fully saturated rings. The summed E-state index contributed by atoms with van der Waals surface area (Å²) >= 11 is 1.51. The van der Waals surface area contributed by atoms with Gasteiger partial charge in [0.1, 0.15) is 12.1 Å². The number of rotatable bonds is 11. The summed E-state index contributed by atoms with van der Waals surface area (Å²) < 4.78 is -0.682. The van der Waals surface area contributed by atoms with Crippen LogP contribution in [0.25, 0.3) is 0 Å². The second kappa shape index (κ2) is 11.9. The van der Waals surface area contributed by atoms with Crippen LogP contribution in [0.5, 0.6) is 0 Å². The zero-order valence-corrected chi connectivity index (χ0v) is 19.0. The standard InChI is InChI=1S/C21H33N3O5S/c1-13(2)11-15(16(25)19(27)24-29)18(26)23-17(20(28)22-5)21(3,4)30-12-14-9-7-6-8-10-14/h6-10,13,15-17,25,29H,11-12H2,1-5H3,(H,22,28)(H,23,26)(H,24,27)/t15-,16+,17-/m1/s1. The van der Waals surface area contributed by atoms with E-state index in [0.29, 0.717) is 5.75 Å². The van der Waals surface area contributed by atoms with Crippen molar-refractivity contribution in [2.24, 2.45) is 11.8 Å². The van der Waals surface area contributed by atoms with Crippen molar-refractivity contribution in [1.29, 1.82) is 0 Å². The average Bonchev–Trinajstić information content (AvgIpc) is 2.73. The number of benzene rings is 1. The Bertz CT molecular complexity index is 712. The van der Waals surface area contributed by atoms with E-state index in [-0.39, 0.29) is 18.2 Å². The van der Waals surface area contributed by atoms with Gasteiger partial charge in [-0.2, -0.15) is 0 Å². The lowest BCUT2D eigenvalue weighted by Crippen LogP contribution is -2.58. The summed E-state index contributed by atoms with van der Waals surface area (Å²) in [7, 11) is 1.49. The van der Waals surface area contributed by atoms with Crippen LogP contribution in [0.4, 0.5) is 0 Å². The topological polar surface area (TPSA) is 128 Å². The van der Waals surface area contributed by atoms with E-state index in [9.17, 15) is 19.5 Å². The van der Waals surface area contributed by atoms with Gasteiger partial charge in [-0.1, -0.05) is 44.2 Å². The number of aliphatic hydroxyl groups is 1. The summed E-state index contributed by atoms with van der Waals surface area (Å²) in [5.74, 6) is -2.53. The molecule has 0 aliphatic rings. The monoisotopic (exact) mass is 439 g/mol. The minimum absolute atomic E-state index is 0.000750. The number of hydrogen-bond donors (Lipinski definition) is 5. The molecule has 8 nitrogen and oxygen atoms in total. The molecular formula is C21H33N3O5S. The number of carbonyl (C=O) groups excluding carboxylic acids is 3. The maximum Gasteiger partial charge on any atom is 0.272 e. The Hall–Kier alpha value is -2.10. The fourth-order valence-corrected chi connectivity index (χ4v) is 4.08. The van der Waals surface area contributed by atoms with Crippen molar-refractivity contribution in [3.63, 3.8) is 0 Å². The molecule has 3 atom stereocenters. The molecule has 0 saturated carbocycles. The van der Waals surface area contributed by atoms with Crippen molar-refractivity contribution in [2.75, 3.05) is 7.05 Å². The minimum atomic E-state index is -1.73. The quantitative estimate of drug-likeness (QED) is 0.262. The number of hydrogen-bond acceptors (Lipinski definition) is 6. The normalized spacial score (nSPS) is 14.5. The van der Waals surface area contributed by atoms with Crippen LogP contribution >= 0.6 is 11.8 Å². The van der Waals surface area contributed by atoms with Gasteiger partial charge in [-0.15, -0.1) is 11.8 Å². The number of nitrogens with one attached hydrogen (secondary N) is 3. The molecule has 0 aliphatic heterocycles. The molecule has 0 saturated heterocycles. The van der Waals surface area contributed by atoms with Gasteiger partial charge in [0.15, 0.2) is 0 Å². The molecule has 1 aromatic carbocycles. The molecule has 1 rings (SSSR count). The summed E-state index contributed by atoms with van der Waals surface area (Å²) in [6.07, 6.45) is -1.53. The van der Waals surface area contributed by atoms with E-state index < -0.39 is 34.6 Å². The van der Waals surface area contributed by atoms with E-state index in [1.54, 1.807) is 0 Å². The third-order valence-corrected chi connectivity index (χ3v) is 6.22. The van der Waals surface area contributed by atoms with Gasteiger partial charge in [0.05, 0.1) is 5.92 Å². The van der Waals surface area contributed by atoms with E-state index in [1.807, 2.05) is 58.0 Å². The number of carbonyl (C=O) groups is 3. The van der Waals surface area contributed by atoms with Gasteiger partial charge in [-0.3, -0.25) is 19.6 Å². The van der Waals surface area contributed by atoms with Gasteiger partial charge in [-0.25, -0.2) is 5.48 Å². The lowest BCUT2D eigenvalue weighted by molar-refractivity contribution is -0.147. The van der Waals surface area contributed by atoms with Crippen LogP contribution in [-0.2, 0) is 20.1 Å². The molecule has 0 radical (unpaired) electrons. The average molecular weight is 440 g/mol. The van der Waals surface area contributed by atoms with Crippen LogP contribution in [-0.4, -0.2) is 52.0 Å². The second-order valence-electron chi connectivity index (χ2n) is 8.09. The van der Waals surface area contributed by atoms with Gasteiger partial charge in [0.25, 0.3) is 5.91 Å². The number of amides is 3. The summed E-state index contributed by atoms with van der Waals surface area (Å²) in [4.78, 5) is 37.3. The SMILES string of the molecule is CNC(=O)[C@@H](NC(=O)[C@H](CC(C)C)[C@H](O)C(=O)NO)C(C)(C)SCc1ccccc1. The van der Waals surface area contributed by atoms with Gasteiger partial charge in [0.2, 0.25) is 11.8 Å². The highest BCUT2D eigenvalue weighted by Crippen LogP contribution is 2.32. The summed E-state index contributed by atoms with van der Waals surface area (Å²) in [5, 5.41) is 24.3. The van der Waals surface area contributed by atoms with Crippen molar-refractivity contribution < 1.29 is 24.7 Å². The molecule has 0 unspecified atom stereocenters. The Labute approximate surface area is 182 Å². The van der Waals surface area contributed by atoms with E-state index in [1.165, 1.54) is 24.3 Å². The summed E-state index contributed by atoms with van der Waals surface area (Å²) in [5.41, 5.74) is 2.47. The van der Waals surface area contributed by atoms with Crippen molar-refractivity contribution >= 4 is 29.5 Å². The lowest BCUT2D eigenvalue weighted by atomic mass is 9.90. The van der Waals surface area contributed by atoms with E-state index >= 15 is 0 Å². The largest absolute Gasteiger partial charge is 0.382 e. The zero-order valence-electron chi connectivity index (χ0n) is 18.1. The number of hydroxylamine groups is 1. The molecule has 9 heteroatoms. The molecule has 0 aromatic heterocycles. The molecule has 0 bridgehead atoms. The van der Waals surface area contributed by atoms with Crippen LogP contribution in [0.1, 0.15) is 39.7 Å². The number of likely N-dealkylation sites (N-methyl/N-ethyl adjacent to an activating group) is 1. The van der Waals surface area contributed by atoms with Crippen LogP contribution in [0.3, 0.4) is 0 Å². The predicted octanol–water partition coefficient (Wildman–Crippen LogP) is 1.46. The molecule has 5 N–H and O–H groups in total. The maximum absolute atomic E-state index is 13.0. The van der Waals surface area contributed by atoms with E-state index in [4.69, 9.17) is 5.21 Å². The van der Waals surface area contributed by atoms with Crippen LogP contribution in [0.2, 0.25) is 0 Å². The van der Waals surface area contributed by atoms with Crippen molar-refractivity contribution in [1.82, 2.24) is 16.1 Å². The molecule has 0 spiro atoms. The fraction of sp³-hybridized carbons (Fsp3) is 0.571. The predicted molar refractivity (Wildman–Crippen MR) is 117 cm³/mol. The summed E-state index contributed by atoms with van der Waals surface area (Å²) in [6, 6.07) is 8.87. The van der Waals surface area contributed by atoms with Gasteiger partial charge in [-0.05, 0) is 31.7 Å². The highest BCUT2D eigenvalue weighted by Gasteiger charge is 2.40. The molecule has 30 heavy (non-hydrogen) atoms. The third-order valence-electron chi connectivity index (χ3n) is 4.77. The first kappa shape index (κ1) is 25.9. The molecule has 0 aliphatic carbocycles. The number of aliphatic hydroxyl groups excluding tert-OH is 1. The van der Waals surface area contributed by atoms with Crippen LogP contribution in [0.15, 0.2) is 30.3 Å². The third kappa shape index (κ3) is 7.62. The first-order chi connectivity index (χ1) is 14.0. The fourth-order valence-electron chi connectivity index (χ4n) is 3.01. The second-order valence-corrected chi connectivity index (χ2v) is 9.72. The first-order valence-electron chi connectivity index (χ1n) is 9.85. The zero-order chi connectivity index (χ0) is 22.9. The van der Waals surface area contributed by atoms with E-state index in [0.717, 1.165) is 5.56 Å². The molecular weight excluding hydrogens is 406 g/mol. The van der Waals surface area contributed by atoms with Crippen molar-refractivity contribution in [2.45, 2.75) is 56.8 Å². The molecule has 168 valence electrons. The van der Waals surface area contributed by atoms with Gasteiger partial charge >= 0.3 is 0 Å². The van der Waals surface area contributed by atoms with Gasteiger partial charge in [0, 0.05) is 17.5 Å².